The number of nitrogens with one attached hydrogen (secondary N) is 1. The van der Waals surface area contributed by atoms with Crippen LogP contribution in [0.25, 0.3) is 0 Å². The van der Waals surface area contributed by atoms with Gasteiger partial charge in [0.25, 0.3) is 5.91 Å². The summed E-state index contributed by atoms with van der Waals surface area (Å²) in [6.45, 7) is 1.15. The molecule has 0 fully saturated rings. The number of halogens is 1. The van der Waals surface area contributed by atoms with Gasteiger partial charge in [0.15, 0.2) is 0 Å². The number of aliphatic hydroxyl groups excluding tert-OH is 1. The molecule has 0 aliphatic rings. The molecule has 0 saturated heterocycles. The van der Waals surface area contributed by atoms with Crippen molar-refractivity contribution in [2.45, 2.75) is 6.42 Å². The Hall–Kier alpha value is -2.24. The predicted molar refractivity (Wildman–Crippen MR) is 92.9 cm³/mol. The van der Waals surface area contributed by atoms with E-state index in [-0.39, 0.29) is 19.1 Å². The lowest BCUT2D eigenvalue weighted by Crippen LogP contribution is -2.26. The van der Waals surface area contributed by atoms with Crippen molar-refractivity contribution in [3.8, 4) is 11.5 Å². The quantitative estimate of drug-likeness (QED) is 0.683. The highest BCUT2D eigenvalue weighted by molar-refractivity contribution is 6.30. The van der Waals surface area contributed by atoms with E-state index in [1.54, 1.807) is 36.4 Å². The number of aliphatic hydroxyl groups is 1. The number of benzene rings is 2. The average Bonchev–Trinajstić information content (AvgIpc) is 2.61. The SMILES string of the molecule is O=C(NCCO)c1cccc(OCCCOc2ccc(Cl)cc2)c1. The molecule has 0 saturated carbocycles. The molecule has 0 radical (unpaired) electrons. The van der Waals surface area contributed by atoms with Crippen LogP contribution in [-0.4, -0.2) is 37.4 Å². The highest BCUT2D eigenvalue weighted by Crippen LogP contribution is 2.16. The minimum absolute atomic E-state index is 0.0877. The van der Waals surface area contributed by atoms with Crippen molar-refractivity contribution >= 4 is 17.5 Å². The second kappa shape index (κ2) is 9.80. The molecule has 128 valence electrons. The Morgan fingerprint density at radius 3 is 2.46 bits per heavy atom. The van der Waals surface area contributed by atoms with E-state index < -0.39 is 0 Å². The summed E-state index contributed by atoms with van der Waals surface area (Å²) in [5, 5.41) is 12.0. The molecule has 5 nitrogen and oxygen atoms in total. The van der Waals surface area contributed by atoms with E-state index in [4.69, 9.17) is 26.2 Å². The third kappa shape index (κ3) is 6.10. The largest absolute Gasteiger partial charge is 0.493 e. The standard InChI is InChI=1S/C18H20ClNO4/c19-15-5-7-16(8-6-15)23-11-2-12-24-17-4-1-3-14(13-17)18(22)20-9-10-21/h1,3-8,13,21H,2,9-12H2,(H,20,22). The number of ether oxygens (including phenoxy) is 2. The maximum atomic E-state index is 11.8. The Kier molecular flexibility index (Phi) is 7.39. The predicted octanol–water partition coefficient (Wildman–Crippen LogP) is 2.91. The lowest BCUT2D eigenvalue weighted by atomic mass is 10.2. The van der Waals surface area contributed by atoms with Crippen molar-refractivity contribution < 1.29 is 19.4 Å². The Labute approximate surface area is 146 Å². The number of hydrogen-bond donors (Lipinski definition) is 2. The van der Waals surface area contributed by atoms with Gasteiger partial charge in [-0.05, 0) is 42.5 Å². The van der Waals surface area contributed by atoms with Crippen LogP contribution in [0.4, 0.5) is 0 Å². The normalized spacial score (nSPS) is 10.2. The van der Waals surface area contributed by atoms with E-state index >= 15 is 0 Å². The van der Waals surface area contributed by atoms with Gasteiger partial charge in [0, 0.05) is 23.6 Å². The third-order valence-electron chi connectivity index (χ3n) is 3.13. The van der Waals surface area contributed by atoms with Gasteiger partial charge in [-0.2, -0.15) is 0 Å². The number of carbonyl (C=O) groups excluding carboxylic acids is 1. The minimum Gasteiger partial charge on any atom is -0.493 e. The molecule has 2 aromatic rings. The molecule has 0 heterocycles. The first-order valence-corrected chi connectivity index (χ1v) is 8.07. The molecular formula is C18H20ClNO4. The molecule has 6 heteroatoms. The van der Waals surface area contributed by atoms with Gasteiger partial charge in [-0.1, -0.05) is 17.7 Å². The molecule has 2 rings (SSSR count). The van der Waals surface area contributed by atoms with Gasteiger partial charge in [-0.15, -0.1) is 0 Å². The molecule has 0 aromatic heterocycles. The molecule has 0 aliphatic heterocycles. The van der Waals surface area contributed by atoms with Crippen LogP contribution < -0.4 is 14.8 Å². The van der Waals surface area contributed by atoms with Crippen molar-refractivity contribution in [3.63, 3.8) is 0 Å². The summed E-state index contributed by atoms with van der Waals surface area (Å²) in [5.41, 5.74) is 0.498. The van der Waals surface area contributed by atoms with Crippen LogP contribution in [0.3, 0.4) is 0 Å². The Bertz CT molecular complexity index is 646. The first-order chi connectivity index (χ1) is 11.7. The van der Waals surface area contributed by atoms with Crippen LogP contribution >= 0.6 is 11.6 Å². The lowest BCUT2D eigenvalue weighted by molar-refractivity contribution is 0.0944. The topological polar surface area (TPSA) is 67.8 Å². The molecule has 0 spiro atoms. The Morgan fingerprint density at radius 2 is 1.75 bits per heavy atom. The summed E-state index contributed by atoms with van der Waals surface area (Å²) in [7, 11) is 0. The second-order valence-corrected chi connectivity index (χ2v) is 5.45. The number of rotatable bonds is 9. The summed E-state index contributed by atoms with van der Waals surface area (Å²) in [6, 6.07) is 14.1. The van der Waals surface area contributed by atoms with Crippen LogP contribution in [0.1, 0.15) is 16.8 Å². The van der Waals surface area contributed by atoms with E-state index in [2.05, 4.69) is 5.32 Å². The van der Waals surface area contributed by atoms with Crippen molar-refractivity contribution in [2.24, 2.45) is 0 Å². The van der Waals surface area contributed by atoms with E-state index in [1.165, 1.54) is 0 Å². The lowest BCUT2D eigenvalue weighted by Gasteiger charge is -2.09. The van der Waals surface area contributed by atoms with Crippen LogP contribution in [0.2, 0.25) is 5.02 Å². The zero-order valence-corrected chi connectivity index (χ0v) is 14.0. The fraction of sp³-hybridized carbons (Fsp3) is 0.278. The number of hydrogen-bond acceptors (Lipinski definition) is 4. The van der Waals surface area contributed by atoms with Crippen LogP contribution in [0.15, 0.2) is 48.5 Å². The van der Waals surface area contributed by atoms with Gasteiger partial charge < -0.3 is 19.9 Å². The summed E-state index contributed by atoms with van der Waals surface area (Å²) in [4.78, 5) is 11.8. The van der Waals surface area contributed by atoms with E-state index in [0.717, 1.165) is 5.75 Å². The van der Waals surface area contributed by atoms with Crippen LogP contribution in [0, 0.1) is 0 Å². The van der Waals surface area contributed by atoms with E-state index in [1.807, 2.05) is 12.1 Å². The zero-order chi connectivity index (χ0) is 17.2. The summed E-state index contributed by atoms with van der Waals surface area (Å²) in [6.07, 6.45) is 0.712. The van der Waals surface area contributed by atoms with Crippen molar-refractivity contribution in [1.82, 2.24) is 5.32 Å². The Morgan fingerprint density at radius 1 is 1.04 bits per heavy atom. The molecule has 1 amide bonds. The first kappa shape index (κ1) is 18.1. The zero-order valence-electron chi connectivity index (χ0n) is 13.2. The van der Waals surface area contributed by atoms with Gasteiger partial charge in [0.2, 0.25) is 0 Å². The monoisotopic (exact) mass is 349 g/mol. The van der Waals surface area contributed by atoms with Crippen LogP contribution in [-0.2, 0) is 0 Å². The fourth-order valence-electron chi connectivity index (χ4n) is 1.97. The van der Waals surface area contributed by atoms with Gasteiger partial charge in [0.1, 0.15) is 11.5 Å². The molecule has 0 atom stereocenters. The fourth-order valence-corrected chi connectivity index (χ4v) is 2.09. The molecular weight excluding hydrogens is 330 g/mol. The molecule has 2 N–H and O–H groups in total. The molecule has 0 aliphatic carbocycles. The van der Waals surface area contributed by atoms with Gasteiger partial charge >= 0.3 is 0 Å². The van der Waals surface area contributed by atoms with E-state index in [9.17, 15) is 4.79 Å². The highest BCUT2D eigenvalue weighted by atomic mass is 35.5. The number of carbonyl (C=O) groups is 1. The highest BCUT2D eigenvalue weighted by Gasteiger charge is 2.05. The molecule has 24 heavy (non-hydrogen) atoms. The van der Waals surface area contributed by atoms with E-state index in [0.29, 0.717) is 36.0 Å². The Balaban J connectivity index is 1.72. The van der Waals surface area contributed by atoms with Crippen molar-refractivity contribution in [2.75, 3.05) is 26.4 Å². The van der Waals surface area contributed by atoms with Gasteiger partial charge in [-0.3, -0.25) is 4.79 Å². The minimum atomic E-state index is -0.236. The smallest absolute Gasteiger partial charge is 0.251 e. The van der Waals surface area contributed by atoms with Gasteiger partial charge in [-0.25, -0.2) is 0 Å². The second-order valence-electron chi connectivity index (χ2n) is 5.01. The molecule has 0 bridgehead atoms. The molecule has 2 aromatic carbocycles. The first-order valence-electron chi connectivity index (χ1n) is 7.69. The summed E-state index contributed by atoms with van der Waals surface area (Å²) < 4.78 is 11.2. The van der Waals surface area contributed by atoms with Crippen molar-refractivity contribution in [1.29, 1.82) is 0 Å². The third-order valence-corrected chi connectivity index (χ3v) is 3.39. The van der Waals surface area contributed by atoms with Gasteiger partial charge in [0.05, 0.1) is 19.8 Å². The summed E-state index contributed by atoms with van der Waals surface area (Å²) >= 11 is 5.81. The molecule has 0 unspecified atom stereocenters. The van der Waals surface area contributed by atoms with Crippen LogP contribution in [0.5, 0.6) is 11.5 Å². The van der Waals surface area contributed by atoms with Crippen molar-refractivity contribution in [3.05, 3.63) is 59.1 Å². The summed E-state index contributed by atoms with van der Waals surface area (Å²) in [5.74, 6) is 1.15. The number of amides is 1. The maximum Gasteiger partial charge on any atom is 0.251 e. The maximum absolute atomic E-state index is 11.8. The average molecular weight is 350 g/mol.